The van der Waals surface area contributed by atoms with Gasteiger partial charge in [-0.25, -0.2) is 4.79 Å². The lowest BCUT2D eigenvalue weighted by Crippen LogP contribution is -2.52. The molecule has 2 bridgehead atoms. The SMILES string of the molecule is CCN(C(=O)NC1C2CCC(C2)C1C(=O)O)C(C)C. The van der Waals surface area contributed by atoms with Crippen molar-refractivity contribution in [2.24, 2.45) is 17.8 Å². The average Bonchev–Trinajstić information content (AvgIpc) is 2.89. The lowest BCUT2D eigenvalue weighted by Gasteiger charge is -2.33. The maximum absolute atomic E-state index is 12.2. The molecule has 0 spiro atoms. The van der Waals surface area contributed by atoms with E-state index >= 15 is 0 Å². The Bertz CT molecular complexity index is 370. The molecule has 0 aromatic heterocycles. The molecule has 5 nitrogen and oxygen atoms in total. The third-order valence-electron chi connectivity index (χ3n) is 4.72. The third kappa shape index (κ3) is 2.55. The summed E-state index contributed by atoms with van der Waals surface area (Å²) in [5, 5.41) is 12.3. The van der Waals surface area contributed by atoms with Crippen molar-refractivity contribution in [1.29, 1.82) is 0 Å². The second kappa shape index (κ2) is 5.39. The van der Waals surface area contributed by atoms with E-state index in [2.05, 4.69) is 5.32 Å². The zero-order valence-electron chi connectivity index (χ0n) is 11.9. The number of nitrogens with one attached hydrogen (secondary N) is 1. The summed E-state index contributed by atoms with van der Waals surface area (Å²) in [6, 6.07) is -0.176. The van der Waals surface area contributed by atoms with E-state index in [0.717, 1.165) is 19.3 Å². The van der Waals surface area contributed by atoms with Crippen LogP contribution in [-0.4, -0.2) is 40.6 Å². The van der Waals surface area contributed by atoms with E-state index in [1.54, 1.807) is 4.90 Å². The van der Waals surface area contributed by atoms with Crippen LogP contribution in [0.5, 0.6) is 0 Å². The number of aliphatic carboxylic acids is 1. The van der Waals surface area contributed by atoms with Crippen molar-refractivity contribution in [2.75, 3.05) is 6.54 Å². The average molecular weight is 268 g/mol. The summed E-state index contributed by atoms with van der Waals surface area (Å²) in [5.41, 5.74) is 0. The summed E-state index contributed by atoms with van der Waals surface area (Å²) >= 11 is 0. The monoisotopic (exact) mass is 268 g/mol. The molecule has 108 valence electrons. The predicted octanol–water partition coefficient (Wildman–Crippen LogP) is 1.93. The molecule has 4 atom stereocenters. The number of urea groups is 1. The molecule has 2 aliphatic rings. The number of nitrogens with zero attached hydrogens (tertiary/aromatic N) is 1. The second-order valence-corrected chi connectivity index (χ2v) is 6.05. The molecule has 2 aliphatic carbocycles. The van der Waals surface area contributed by atoms with E-state index in [-0.39, 0.29) is 24.0 Å². The van der Waals surface area contributed by atoms with Gasteiger partial charge in [0, 0.05) is 18.6 Å². The van der Waals surface area contributed by atoms with E-state index in [4.69, 9.17) is 0 Å². The lowest BCUT2D eigenvalue weighted by atomic mass is 9.84. The number of carbonyl (C=O) groups is 2. The summed E-state index contributed by atoms with van der Waals surface area (Å²) in [6.45, 7) is 6.52. The minimum absolute atomic E-state index is 0.124. The van der Waals surface area contributed by atoms with Gasteiger partial charge in [-0.3, -0.25) is 4.79 Å². The van der Waals surface area contributed by atoms with Crippen LogP contribution in [0.25, 0.3) is 0 Å². The van der Waals surface area contributed by atoms with Gasteiger partial charge in [-0.15, -0.1) is 0 Å². The van der Waals surface area contributed by atoms with E-state index < -0.39 is 11.9 Å². The summed E-state index contributed by atoms with van der Waals surface area (Å²) in [4.78, 5) is 25.4. The van der Waals surface area contributed by atoms with Gasteiger partial charge >= 0.3 is 12.0 Å². The smallest absolute Gasteiger partial charge is 0.317 e. The van der Waals surface area contributed by atoms with Crippen molar-refractivity contribution in [3.63, 3.8) is 0 Å². The number of amides is 2. The van der Waals surface area contributed by atoms with Crippen molar-refractivity contribution >= 4 is 12.0 Å². The topological polar surface area (TPSA) is 69.6 Å². The molecule has 4 unspecified atom stereocenters. The first kappa shape index (κ1) is 14.2. The molecular weight excluding hydrogens is 244 g/mol. The Morgan fingerprint density at radius 2 is 1.95 bits per heavy atom. The van der Waals surface area contributed by atoms with Gasteiger partial charge in [0.25, 0.3) is 0 Å². The molecular formula is C14H24N2O3. The molecule has 0 saturated heterocycles. The second-order valence-electron chi connectivity index (χ2n) is 6.05. The van der Waals surface area contributed by atoms with Crippen molar-refractivity contribution in [1.82, 2.24) is 10.2 Å². The largest absolute Gasteiger partial charge is 0.481 e. The van der Waals surface area contributed by atoms with Crippen LogP contribution in [0.4, 0.5) is 4.79 Å². The normalized spacial score (nSPS) is 32.6. The first-order valence-electron chi connectivity index (χ1n) is 7.25. The van der Waals surface area contributed by atoms with Crippen molar-refractivity contribution in [3.05, 3.63) is 0 Å². The van der Waals surface area contributed by atoms with Crippen LogP contribution in [-0.2, 0) is 4.79 Å². The first-order chi connectivity index (χ1) is 8.95. The molecule has 2 fully saturated rings. The molecule has 0 radical (unpaired) electrons. The Labute approximate surface area is 114 Å². The van der Waals surface area contributed by atoms with Gasteiger partial charge in [-0.05, 0) is 51.9 Å². The number of carboxylic acids is 1. The molecule has 5 heteroatoms. The number of rotatable bonds is 4. The predicted molar refractivity (Wildman–Crippen MR) is 71.8 cm³/mol. The van der Waals surface area contributed by atoms with Crippen LogP contribution in [0, 0.1) is 17.8 Å². The van der Waals surface area contributed by atoms with Crippen LogP contribution < -0.4 is 5.32 Å². The highest BCUT2D eigenvalue weighted by Crippen LogP contribution is 2.48. The molecule has 2 N–H and O–H groups in total. The number of carbonyl (C=O) groups excluding carboxylic acids is 1. The van der Waals surface area contributed by atoms with Crippen molar-refractivity contribution < 1.29 is 14.7 Å². The fourth-order valence-corrected chi connectivity index (χ4v) is 3.82. The minimum atomic E-state index is -0.759. The van der Waals surface area contributed by atoms with Crippen LogP contribution in [0.1, 0.15) is 40.0 Å². The van der Waals surface area contributed by atoms with E-state index in [9.17, 15) is 14.7 Å². The van der Waals surface area contributed by atoms with Gasteiger partial charge in [0.05, 0.1) is 5.92 Å². The number of hydrogen-bond donors (Lipinski definition) is 2. The maximum Gasteiger partial charge on any atom is 0.317 e. The molecule has 0 aromatic carbocycles. The zero-order valence-corrected chi connectivity index (χ0v) is 11.9. The third-order valence-corrected chi connectivity index (χ3v) is 4.72. The Balaban J connectivity index is 2.05. The van der Waals surface area contributed by atoms with Gasteiger partial charge in [0.2, 0.25) is 0 Å². The highest BCUT2D eigenvalue weighted by atomic mass is 16.4. The van der Waals surface area contributed by atoms with E-state index in [0.29, 0.717) is 12.5 Å². The Hall–Kier alpha value is -1.26. The van der Waals surface area contributed by atoms with E-state index in [1.807, 2.05) is 20.8 Å². The molecule has 0 aromatic rings. The molecule has 2 amide bonds. The Kier molecular flexibility index (Phi) is 4.02. The van der Waals surface area contributed by atoms with Gasteiger partial charge in [0.15, 0.2) is 0 Å². The quantitative estimate of drug-likeness (QED) is 0.818. The maximum atomic E-state index is 12.2. The van der Waals surface area contributed by atoms with Gasteiger partial charge in [-0.1, -0.05) is 0 Å². The minimum Gasteiger partial charge on any atom is -0.481 e. The van der Waals surface area contributed by atoms with Crippen molar-refractivity contribution in [2.45, 2.75) is 52.1 Å². The molecule has 0 aliphatic heterocycles. The molecule has 0 heterocycles. The number of hydrogen-bond acceptors (Lipinski definition) is 2. The van der Waals surface area contributed by atoms with Gasteiger partial charge in [0.1, 0.15) is 0 Å². The Morgan fingerprint density at radius 3 is 2.47 bits per heavy atom. The van der Waals surface area contributed by atoms with Crippen LogP contribution >= 0.6 is 0 Å². The van der Waals surface area contributed by atoms with Crippen LogP contribution in [0.3, 0.4) is 0 Å². The fraction of sp³-hybridized carbons (Fsp3) is 0.857. The highest BCUT2D eigenvalue weighted by Gasteiger charge is 2.51. The van der Waals surface area contributed by atoms with Crippen LogP contribution in [0.2, 0.25) is 0 Å². The van der Waals surface area contributed by atoms with E-state index in [1.165, 1.54) is 0 Å². The summed E-state index contributed by atoms with van der Waals surface area (Å²) in [5.74, 6) is -0.554. The standard InChI is InChI=1S/C14H24N2O3/c1-4-16(8(2)3)14(19)15-12-10-6-5-9(7-10)11(12)13(17)18/h8-12H,4-7H2,1-3H3,(H,15,19)(H,17,18). The highest BCUT2D eigenvalue weighted by molar-refractivity contribution is 5.78. The summed E-state index contributed by atoms with van der Waals surface area (Å²) in [7, 11) is 0. The number of fused-ring (bicyclic) bond motifs is 2. The van der Waals surface area contributed by atoms with Gasteiger partial charge in [-0.2, -0.15) is 0 Å². The summed E-state index contributed by atoms with van der Waals surface area (Å²) in [6.07, 6.45) is 3.00. The molecule has 2 rings (SSSR count). The zero-order chi connectivity index (χ0) is 14.2. The lowest BCUT2D eigenvalue weighted by molar-refractivity contribution is -0.144. The van der Waals surface area contributed by atoms with Gasteiger partial charge < -0.3 is 15.3 Å². The van der Waals surface area contributed by atoms with Crippen LogP contribution in [0.15, 0.2) is 0 Å². The fourth-order valence-electron chi connectivity index (χ4n) is 3.82. The van der Waals surface area contributed by atoms with Crippen molar-refractivity contribution in [3.8, 4) is 0 Å². The molecule has 2 saturated carbocycles. The summed E-state index contributed by atoms with van der Waals surface area (Å²) < 4.78 is 0. The number of carboxylic acid groups (broad SMARTS) is 1. The first-order valence-corrected chi connectivity index (χ1v) is 7.25. The molecule has 19 heavy (non-hydrogen) atoms. The Morgan fingerprint density at radius 1 is 1.32 bits per heavy atom.